The first-order valence-corrected chi connectivity index (χ1v) is 10.6. The van der Waals surface area contributed by atoms with Gasteiger partial charge in [-0.25, -0.2) is 0 Å². The van der Waals surface area contributed by atoms with Gasteiger partial charge in [0.25, 0.3) is 5.88 Å². The molecule has 152 valence electrons. The van der Waals surface area contributed by atoms with Crippen molar-refractivity contribution in [2.45, 2.75) is 59.8 Å². The maximum Gasteiger partial charge on any atom is 0.315 e. The zero-order valence-corrected chi connectivity index (χ0v) is 18.2. The molecule has 1 unspecified atom stereocenters. The zero-order chi connectivity index (χ0) is 19.9. The van der Waals surface area contributed by atoms with Crippen molar-refractivity contribution in [2.75, 3.05) is 33.5 Å². The number of likely N-dealkylation sites (N-methyl/N-ethyl adjacent to an activating group) is 1. The van der Waals surface area contributed by atoms with E-state index in [2.05, 4.69) is 28.8 Å². The fourth-order valence-corrected chi connectivity index (χ4v) is 3.52. The van der Waals surface area contributed by atoms with Crippen molar-refractivity contribution in [2.24, 2.45) is 5.41 Å². The van der Waals surface area contributed by atoms with Crippen LogP contribution in [0.4, 0.5) is 0 Å². The summed E-state index contributed by atoms with van der Waals surface area (Å²) in [7, 11) is 2.12. The van der Waals surface area contributed by atoms with Gasteiger partial charge in [0.05, 0.1) is 37.3 Å². The molecule has 0 N–H and O–H groups in total. The summed E-state index contributed by atoms with van der Waals surface area (Å²) in [5.74, 6) is 0.479. The molecule has 0 bridgehead atoms. The summed E-state index contributed by atoms with van der Waals surface area (Å²) >= 11 is 1.19. The number of rotatable bonds is 9. The van der Waals surface area contributed by atoms with Gasteiger partial charge in [0.2, 0.25) is 6.73 Å². The Morgan fingerprint density at radius 2 is 2.04 bits per heavy atom. The first kappa shape index (κ1) is 21.8. The molecule has 2 heterocycles. The number of hydrogen-bond donors (Lipinski definition) is 0. The Morgan fingerprint density at radius 1 is 1.26 bits per heavy atom. The van der Waals surface area contributed by atoms with E-state index in [1.807, 2.05) is 20.8 Å². The van der Waals surface area contributed by atoms with E-state index in [-0.39, 0.29) is 5.97 Å². The lowest BCUT2D eigenvalue weighted by molar-refractivity contribution is -0.919. The number of nitrogens with zero attached hydrogens (tertiary/aromatic N) is 3. The number of unbranched alkanes of at least 4 members (excludes halogenated alkanes) is 3. The van der Waals surface area contributed by atoms with E-state index in [1.54, 1.807) is 0 Å². The third kappa shape index (κ3) is 6.57. The van der Waals surface area contributed by atoms with Crippen molar-refractivity contribution in [3.8, 4) is 5.88 Å². The van der Waals surface area contributed by atoms with Gasteiger partial charge >= 0.3 is 5.97 Å². The largest absolute Gasteiger partial charge is 0.475 e. The van der Waals surface area contributed by atoms with Crippen LogP contribution in [0.2, 0.25) is 0 Å². The Balaban J connectivity index is 1.95. The van der Waals surface area contributed by atoms with Crippen LogP contribution in [0, 0.1) is 5.41 Å². The lowest BCUT2D eigenvalue weighted by Crippen LogP contribution is -2.50. The van der Waals surface area contributed by atoms with Gasteiger partial charge in [0, 0.05) is 12.0 Å². The molecule has 0 saturated carbocycles. The summed E-state index contributed by atoms with van der Waals surface area (Å²) in [5, 5.41) is 0. The van der Waals surface area contributed by atoms with Crippen molar-refractivity contribution in [3.05, 3.63) is 11.8 Å². The van der Waals surface area contributed by atoms with Crippen LogP contribution < -0.4 is 4.74 Å². The maximum absolute atomic E-state index is 12.1. The normalized spacial score (nSPS) is 20.3. The molecule has 1 aromatic rings. The van der Waals surface area contributed by atoms with Crippen LogP contribution in [-0.4, -0.2) is 52.7 Å². The van der Waals surface area contributed by atoms with E-state index < -0.39 is 5.41 Å². The molecule has 1 aliphatic heterocycles. The Bertz CT molecular complexity index is 651. The van der Waals surface area contributed by atoms with Crippen molar-refractivity contribution < 1.29 is 18.8 Å². The van der Waals surface area contributed by atoms with Crippen LogP contribution in [0.15, 0.2) is 6.08 Å². The Kier molecular flexibility index (Phi) is 7.79. The van der Waals surface area contributed by atoms with Crippen molar-refractivity contribution in [3.63, 3.8) is 0 Å². The van der Waals surface area contributed by atoms with Crippen LogP contribution in [-0.2, 0) is 9.53 Å². The van der Waals surface area contributed by atoms with Gasteiger partial charge in [-0.2, -0.15) is 4.37 Å². The van der Waals surface area contributed by atoms with E-state index in [4.69, 9.17) is 9.47 Å². The van der Waals surface area contributed by atoms with E-state index >= 15 is 0 Å². The molecular weight excluding hydrogens is 362 g/mol. The first-order valence-electron chi connectivity index (χ1n) is 9.91. The second kappa shape index (κ2) is 9.64. The topological polar surface area (TPSA) is 61.3 Å². The Labute approximate surface area is 167 Å². The quantitative estimate of drug-likeness (QED) is 0.354. The lowest BCUT2D eigenvalue weighted by Gasteiger charge is -2.37. The second-order valence-electron chi connectivity index (χ2n) is 8.66. The Morgan fingerprint density at radius 3 is 2.74 bits per heavy atom. The molecule has 1 aliphatic rings. The van der Waals surface area contributed by atoms with Crippen molar-refractivity contribution in [1.29, 1.82) is 0 Å². The average Bonchev–Trinajstić information content (AvgIpc) is 3.07. The highest BCUT2D eigenvalue weighted by Gasteiger charge is 2.33. The molecule has 0 aromatic carbocycles. The third-order valence-electron chi connectivity index (χ3n) is 4.73. The van der Waals surface area contributed by atoms with Crippen LogP contribution >= 0.6 is 11.7 Å². The third-order valence-corrected chi connectivity index (χ3v) is 5.24. The van der Waals surface area contributed by atoms with E-state index in [0.29, 0.717) is 23.7 Å². The van der Waals surface area contributed by atoms with Gasteiger partial charge in [0.1, 0.15) is 12.2 Å². The molecule has 0 spiro atoms. The van der Waals surface area contributed by atoms with Gasteiger partial charge in [-0.3, -0.25) is 9.28 Å². The second-order valence-corrected chi connectivity index (χ2v) is 9.19. The minimum Gasteiger partial charge on any atom is -0.475 e. The molecule has 0 aliphatic carbocycles. The molecule has 1 aromatic heterocycles. The molecular formula is C20H34N3O3S+. The highest BCUT2D eigenvalue weighted by Crippen LogP contribution is 2.30. The molecule has 7 heteroatoms. The van der Waals surface area contributed by atoms with Gasteiger partial charge in [-0.15, -0.1) is 4.37 Å². The monoisotopic (exact) mass is 396 g/mol. The predicted molar refractivity (Wildman–Crippen MR) is 108 cm³/mol. The lowest BCUT2D eigenvalue weighted by atomic mass is 9.97. The summed E-state index contributed by atoms with van der Waals surface area (Å²) in [6.45, 7) is 10.6. The number of quaternary nitrogens is 1. The fraction of sp³-hybridized carbons (Fsp3) is 0.750. The summed E-state index contributed by atoms with van der Waals surface area (Å²) in [6, 6.07) is 0. The minimum atomic E-state index is -0.481. The number of esters is 1. The number of carbonyl (C=O) groups is 1. The molecule has 0 fully saturated rings. The summed E-state index contributed by atoms with van der Waals surface area (Å²) in [5.41, 5.74) is 1.50. The van der Waals surface area contributed by atoms with Crippen molar-refractivity contribution in [1.82, 2.24) is 8.75 Å². The average molecular weight is 397 g/mol. The van der Waals surface area contributed by atoms with Crippen molar-refractivity contribution >= 4 is 23.3 Å². The summed E-state index contributed by atoms with van der Waals surface area (Å²) in [6.07, 6.45) is 7.81. The van der Waals surface area contributed by atoms with Gasteiger partial charge < -0.3 is 9.47 Å². The summed E-state index contributed by atoms with van der Waals surface area (Å²) < 4.78 is 20.9. The molecule has 27 heavy (non-hydrogen) atoms. The van der Waals surface area contributed by atoms with E-state index in [9.17, 15) is 4.79 Å². The van der Waals surface area contributed by atoms with E-state index in [1.165, 1.54) is 31.0 Å². The van der Waals surface area contributed by atoms with Crippen LogP contribution in [0.1, 0.15) is 65.5 Å². The molecule has 6 nitrogen and oxygen atoms in total. The number of ether oxygens (including phenoxy) is 2. The number of carbonyl (C=O) groups excluding carboxylic acids is 1. The van der Waals surface area contributed by atoms with Gasteiger partial charge in [0.15, 0.2) is 0 Å². The van der Waals surface area contributed by atoms with Crippen LogP contribution in [0.3, 0.4) is 0 Å². The smallest absolute Gasteiger partial charge is 0.315 e. The van der Waals surface area contributed by atoms with Crippen LogP contribution in [0.25, 0.3) is 5.57 Å². The maximum atomic E-state index is 12.1. The standard InChI is InChI=1S/C20H34N3O3S/c1-6-7-8-9-13-25-18-17(21-27-22-18)16-11-10-12-23(5,14-16)15-26-19(24)20(2,3)4/h11H,6-10,12-15H2,1-5H3/q+1. The SMILES string of the molecule is CCCCCCOc1nsnc1C1=CCC[N+](C)(COC(=O)C(C)(C)C)C1. The molecule has 2 rings (SSSR count). The minimum absolute atomic E-state index is 0.163. The molecule has 0 amide bonds. The highest BCUT2D eigenvalue weighted by molar-refractivity contribution is 6.99. The molecule has 1 atom stereocenters. The predicted octanol–water partition coefficient (Wildman–Crippen LogP) is 4.28. The Hall–Kier alpha value is -1.47. The molecule has 0 saturated heterocycles. The van der Waals surface area contributed by atoms with E-state index in [0.717, 1.165) is 37.2 Å². The zero-order valence-electron chi connectivity index (χ0n) is 17.4. The number of hydrogen-bond acceptors (Lipinski definition) is 6. The number of aromatic nitrogens is 2. The fourth-order valence-electron chi connectivity index (χ4n) is 2.99. The highest BCUT2D eigenvalue weighted by atomic mass is 32.1. The summed E-state index contributed by atoms with van der Waals surface area (Å²) in [4.78, 5) is 12.1. The molecule has 0 radical (unpaired) electrons. The van der Waals surface area contributed by atoms with Gasteiger partial charge in [-0.1, -0.05) is 32.3 Å². The van der Waals surface area contributed by atoms with Crippen LogP contribution in [0.5, 0.6) is 5.88 Å². The van der Waals surface area contributed by atoms with Gasteiger partial charge in [-0.05, 0) is 27.2 Å². The first-order chi connectivity index (χ1) is 12.7.